The van der Waals surface area contributed by atoms with Gasteiger partial charge in [0.2, 0.25) is 0 Å². The van der Waals surface area contributed by atoms with Gasteiger partial charge in [-0.25, -0.2) is 9.48 Å². The van der Waals surface area contributed by atoms with Gasteiger partial charge in [0.15, 0.2) is 12.4 Å². The number of ketones is 1. The van der Waals surface area contributed by atoms with Gasteiger partial charge in [0.25, 0.3) is 0 Å². The molecule has 0 fully saturated rings. The molecule has 0 saturated heterocycles. The minimum atomic E-state index is -0.592. The highest BCUT2D eigenvalue weighted by atomic mass is 16.5. The first-order chi connectivity index (χ1) is 17.4. The Morgan fingerprint density at radius 2 is 1.56 bits per heavy atom. The summed E-state index contributed by atoms with van der Waals surface area (Å²) in [6, 6.07) is 27.1. The number of allylic oxidation sites excluding steroid dienone is 1. The Hall–Kier alpha value is -4.45. The molecule has 1 aliphatic rings. The number of para-hydroxylation sites is 2. The molecule has 6 heteroatoms. The van der Waals surface area contributed by atoms with Gasteiger partial charge in [-0.2, -0.15) is 5.10 Å². The van der Waals surface area contributed by atoms with Crippen molar-refractivity contribution in [3.8, 4) is 16.9 Å². The molecule has 0 aliphatic carbocycles. The van der Waals surface area contributed by atoms with Gasteiger partial charge >= 0.3 is 5.97 Å². The van der Waals surface area contributed by atoms with Crippen molar-refractivity contribution < 1.29 is 14.3 Å². The molecule has 6 nitrogen and oxygen atoms in total. The van der Waals surface area contributed by atoms with Crippen molar-refractivity contribution in [2.45, 2.75) is 19.3 Å². The molecule has 0 saturated carbocycles. The lowest BCUT2D eigenvalue weighted by Gasteiger charge is -2.23. The summed E-state index contributed by atoms with van der Waals surface area (Å²) in [6.45, 7) is 3.82. The third kappa shape index (κ3) is 4.22. The van der Waals surface area contributed by atoms with Gasteiger partial charge in [-0.1, -0.05) is 80.6 Å². The predicted octanol–water partition coefficient (Wildman–Crippen LogP) is 5.58. The minimum Gasteiger partial charge on any atom is -0.454 e. The standard InChI is InChI=1S/C30H27N3O3/c1-30(2)25-16-10-11-17-26(25)32(3)27(30)18-23(34)20-36-29(35)24-19-33(22-14-8-5-9-15-22)31-28(24)21-12-6-4-7-13-21/h4-19H,20H2,1-3H3. The van der Waals surface area contributed by atoms with Crippen molar-refractivity contribution >= 4 is 17.4 Å². The summed E-state index contributed by atoms with van der Waals surface area (Å²) >= 11 is 0. The number of ether oxygens (including phenoxy) is 1. The minimum absolute atomic E-state index is 0.275. The Bertz CT molecular complexity index is 1450. The Morgan fingerprint density at radius 3 is 2.25 bits per heavy atom. The molecule has 3 aromatic carbocycles. The fourth-order valence-corrected chi connectivity index (χ4v) is 4.71. The molecular weight excluding hydrogens is 450 g/mol. The monoisotopic (exact) mass is 477 g/mol. The van der Waals surface area contributed by atoms with Gasteiger partial charge in [-0.3, -0.25) is 4.79 Å². The quantitative estimate of drug-likeness (QED) is 0.268. The van der Waals surface area contributed by atoms with Gasteiger partial charge in [0.05, 0.1) is 5.69 Å². The van der Waals surface area contributed by atoms with Crippen LogP contribution in [0.3, 0.4) is 0 Å². The average Bonchev–Trinajstić information content (AvgIpc) is 3.43. The van der Waals surface area contributed by atoms with E-state index in [0.717, 1.165) is 28.2 Å². The normalized spacial score (nSPS) is 15.1. The number of carbonyl (C=O) groups excluding carboxylic acids is 2. The summed E-state index contributed by atoms with van der Waals surface area (Å²) < 4.78 is 7.14. The number of esters is 1. The van der Waals surface area contributed by atoms with Crippen LogP contribution in [-0.4, -0.2) is 35.2 Å². The molecule has 5 rings (SSSR count). The van der Waals surface area contributed by atoms with Crippen molar-refractivity contribution in [2.24, 2.45) is 0 Å². The molecule has 0 amide bonds. The van der Waals surface area contributed by atoms with Crippen molar-refractivity contribution in [1.82, 2.24) is 9.78 Å². The van der Waals surface area contributed by atoms with E-state index in [0.29, 0.717) is 11.3 Å². The second kappa shape index (κ2) is 9.30. The highest BCUT2D eigenvalue weighted by Gasteiger charge is 2.38. The van der Waals surface area contributed by atoms with Crippen LogP contribution in [0.1, 0.15) is 29.8 Å². The van der Waals surface area contributed by atoms with Crippen LogP contribution in [0.15, 0.2) is 103 Å². The number of aromatic nitrogens is 2. The zero-order chi connectivity index (χ0) is 25.3. The first-order valence-corrected chi connectivity index (χ1v) is 11.8. The molecule has 0 atom stereocenters. The maximum atomic E-state index is 13.1. The number of anilines is 1. The number of hydrogen-bond donors (Lipinski definition) is 0. The Morgan fingerprint density at radius 1 is 0.917 bits per heavy atom. The fourth-order valence-electron chi connectivity index (χ4n) is 4.71. The highest BCUT2D eigenvalue weighted by molar-refractivity contribution is 5.99. The SMILES string of the molecule is CN1C(=CC(=O)COC(=O)c2cn(-c3ccccc3)nc2-c2ccccc2)C(C)(C)c2ccccc21. The van der Waals surface area contributed by atoms with Crippen LogP contribution in [0.4, 0.5) is 5.69 Å². The van der Waals surface area contributed by atoms with Crippen LogP contribution >= 0.6 is 0 Å². The van der Waals surface area contributed by atoms with Crippen LogP contribution < -0.4 is 4.90 Å². The van der Waals surface area contributed by atoms with E-state index in [1.54, 1.807) is 17.0 Å². The summed E-state index contributed by atoms with van der Waals surface area (Å²) in [6.07, 6.45) is 3.23. The van der Waals surface area contributed by atoms with E-state index >= 15 is 0 Å². The summed E-state index contributed by atoms with van der Waals surface area (Å²) in [5, 5.41) is 4.65. The van der Waals surface area contributed by atoms with E-state index < -0.39 is 5.97 Å². The van der Waals surface area contributed by atoms with Crippen LogP contribution in [0.5, 0.6) is 0 Å². The number of likely N-dealkylation sites (N-methyl/N-ethyl adjacent to an activating group) is 1. The summed E-state index contributed by atoms with van der Waals surface area (Å²) in [4.78, 5) is 28.1. The molecule has 4 aromatic rings. The molecule has 1 aliphatic heterocycles. The maximum absolute atomic E-state index is 13.1. The maximum Gasteiger partial charge on any atom is 0.342 e. The Labute approximate surface area is 210 Å². The Balaban J connectivity index is 1.38. The van der Waals surface area contributed by atoms with Crippen LogP contribution in [0.25, 0.3) is 16.9 Å². The number of hydrogen-bond acceptors (Lipinski definition) is 5. The number of carbonyl (C=O) groups is 2. The lowest BCUT2D eigenvalue weighted by molar-refractivity contribution is -0.117. The smallest absolute Gasteiger partial charge is 0.342 e. The van der Waals surface area contributed by atoms with Gasteiger partial charge < -0.3 is 9.64 Å². The second-order valence-electron chi connectivity index (χ2n) is 9.31. The summed E-state index contributed by atoms with van der Waals surface area (Å²) in [7, 11) is 1.95. The number of fused-ring (bicyclic) bond motifs is 1. The van der Waals surface area contributed by atoms with Crippen molar-refractivity contribution in [3.05, 3.63) is 114 Å². The largest absolute Gasteiger partial charge is 0.454 e. The third-order valence-corrected chi connectivity index (χ3v) is 6.59. The van der Waals surface area contributed by atoms with Gasteiger partial charge in [-0.15, -0.1) is 0 Å². The first-order valence-electron chi connectivity index (χ1n) is 11.8. The third-order valence-electron chi connectivity index (χ3n) is 6.59. The van der Waals surface area contributed by atoms with Crippen molar-refractivity contribution in [1.29, 1.82) is 0 Å². The molecule has 36 heavy (non-hydrogen) atoms. The van der Waals surface area contributed by atoms with Gasteiger partial charge in [0.1, 0.15) is 11.3 Å². The van der Waals surface area contributed by atoms with Crippen molar-refractivity contribution in [2.75, 3.05) is 18.6 Å². The second-order valence-corrected chi connectivity index (χ2v) is 9.31. The molecule has 0 radical (unpaired) electrons. The number of nitrogens with zero attached hydrogens (tertiary/aromatic N) is 3. The van der Waals surface area contributed by atoms with Crippen LogP contribution in [0.2, 0.25) is 0 Å². The molecule has 1 aromatic heterocycles. The van der Waals surface area contributed by atoms with Crippen LogP contribution in [-0.2, 0) is 14.9 Å². The predicted molar refractivity (Wildman–Crippen MR) is 140 cm³/mol. The van der Waals surface area contributed by atoms with E-state index in [4.69, 9.17) is 4.74 Å². The fraction of sp³-hybridized carbons (Fsp3) is 0.167. The molecular formula is C30H27N3O3. The Kier molecular flexibility index (Phi) is 6.02. The van der Waals surface area contributed by atoms with E-state index in [2.05, 4.69) is 25.0 Å². The van der Waals surface area contributed by atoms with E-state index in [-0.39, 0.29) is 17.8 Å². The molecule has 180 valence electrons. The lowest BCUT2D eigenvalue weighted by Crippen LogP contribution is -2.25. The molecule has 0 spiro atoms. The van der Waals surface area contributed by atoms with Gasteiger partial charge in [-0.05, 0) is 23.8 Å². The number of rotatable bonds is 6. The average molecular weight is 478 g/mol. The lowest BCUT2D eigenvalue weighted by atomic mass is 9.83. The first kappa shape index (κ1) is 23.3. The summed E-state index contributed by atoms with van der Waals surface area (Å²) in [5.41, 5.74) is 5.18. The number of benzene rings is 3. The van der Waals surface area contributed by atoms with E-state index in [1.807, 2.05) is 90.8 Å². The molecule has 0 N–H and O–H groups in total. The zero-order valence-corrected chi connectivity index (χ0v) is 20.5. The van der Waals surface area contributed by atoms with Crippen molar-refractivity contribution in [3.63, 3.8) is 0 Å². The highest BCUT2D eigenvalue weighted by Crippen LogP contribution is 2.46. The van der Waals surface area contributed by atoms with E-state index in [9.17, 15) is 9.59 Å². The van der Waals surface area contributed by atoms with Crippen LogP contribution in [0, 0.1) is 0 Å². The van der Waals surface area contributed by atoms with Gasteiger partial charge in [0, 0.05) is 41.7 Å². The van der Waals surface area contributed by atoms with E-state index in [1.165, 1.54) is 0 Å². The molecule has 0 unspecified atom stereocenters. The molecule has 2 heterocycles. The molecule has 0 bridgehead atoms. The zero-order valence-electron chi connectivity index (χ0n) is 20.5. The summed E-state index contributed by atoms with van der Waals surface area (Å²) in [5.74, 6) is -0.868. The topological polar surface area (TPSA) is 64.4 Å².